The van der Waals surface area contributed by atoms with Crippen LogP contribution < -0.4 is 10.2 Å². The molecule has 1 aromatic heterocycles. The number of halogens is 1. The smallest absolute Gasteiger partial charge is 0.272 e. The normalized spacial score (nSPS) is 15.1. The van der Waals surface area contributed by atoms with Gasteiger partial charge < -0.3 is 15.1 Å². The number of amides is 1. The minimum Gasteiger partial charge on any atom is -0.379 e. The summed E-state index contributed by atoms with van der Waals surface area (Å²) >= 11 is 6.07. The molecule has 26 heavy (non-hydrogen) atoms. The largest absolute Gasteiger partial charge is 0.379 e. The van der Waals surface area contributed by atoms with Crippen molar-refractivity contribution in [2.45, 2.75) is 26.3 Å². The molecule has 1 fully saturated rings. The number of nitrogens with zero attached hydrogens (tertiary/aromatic N) is 3. The molecule has 0 unspecified atom stereocenters. The van der Waals surface area contributed by atoms with Crippen molar-refractivity contribution in [2.24, 2.45) is 0 Å². The van der Waals surface area contributed by atoms with Crippen LogP contribution in [0, 0.1) is 0 Å². The minimum atomic E-state index is -0.0378. The van der Waals surface area contributed by atoms with E-state index in [1.54, 1.807) is 12.3 Å². The number of anilines is 2. The maximum Gasteiger partial charge on any atom is 0.272 e. The number of aromatic nitrogens is 1. The average Bonchev–Trinajstić information content (AvgIpc) is 2.61. The summed E-state index contributed by atoms with van der Waals surface area (Å²) in [5.74, 6) is -0.0157. The topological polar surface area (TPSA) is 48.5 Å². The lowest BCUT2D eigenvalue weighted by Crippen LogP contribution is -2.49. The van der Waals surface area contributed by atoms with Crippen LogP contribution in [0.3, 0.4) is 0 Å². The number of carbonyl (C=O) groups excluding carboxylic acids is 1. The lowest BCUT2D eigenvalue weighted by atomic mass is 10.1. The Kier molecular flexibility index (Phi) is 5.37. The van der Waals surface area contributed by atoms with E-state index >= 15 is 0 Å². The first kappa shape index (κ1) is 18.5. The standard InChI is InChI=1S/C20H25ClN4O/c1-20(2,3)23-16-7-8-18(22-14-16)19(26)25-11-9-24(10-12-25)17-6-4-5-15(21)13-17/h4-8,13-14,23H,9-12H2,1-3H3. The van der Waals surface area contributed by atoms with Crippen LogP contribution in [0.4, 0.5) is 11.4 Å². The summed E-state index contributed by atoms with van der Waals surface area (Å²) < 4.78 is 0. The molecule has 1 aromatic carbocycles. The molecule has 1 N–H and O–H groups in total. The highest BCUT2D eigenvalue weighted by atomic mass is 35.5. The summed E-state index contributed by atoms with van der Waals surface area (Å²) in [5.41, 5.74) is 2.46. The molecule has 0 saturated carbocycles. The maximum atomic E-state index is 12.7. The Hall–Kier alpha value is -2.27. The third kappa shape index (κ3) is 4.67. The van der Waals surface area contributed by atoms with E-state index in [1.807, 2.05) is 35.2 Å². The highest BCUT2D eigenvalue weighted by Gasteiger charge is 2.23. The van der Waals surface area contributed by atoms with Crippen molar-refractivity contribution in [1.82, 2.24) is 9.88 Å². The van der Waals surface area contributed by atoms with Gasteiger partial charge in [0.1, 0.15) is 5.69 Å². The second-order valence-electron chi connectivity index (χ2n) is 7.57. The Morgan fingerprint density at radius 2 is 1.85 bits per heavy atom. The zero-order valence-corrected chi connectivity index (χ0v) is 16.3. The molecule has 0 radical (unpaired) electrons. The van der Waals surface area contributed by atoms with Gasteiger partial charge in [0.25, 0.3) is 5.91 Å². The van der Waals surface area contributed by atoms with Gasteiger partial charge in [0.05, 0.1) is 11.9 Å². The summed E-state index contributed by atoms with van der Waals surface area (Å²) in [6.45, 7) is 9.19. The van der Waals surface area contributed by atoms with Crippen molar-refractivity contribution >= 4 is 28.9 Å². The molecule has 0 spiro atoms. The number of carbonyl (C=O) groups is 1. The van der Waals surface area contributed by atoms with Crippen molar-refractivity contribution in [3.63, 3.8) is 0 Å². The fourth-order valence-electron chi connectivity index (χ4n) is 3.03. The van der Waals surface area contributed by atoms with Gasteiger partial charge >= 0.3 is 0 Å². The van der Waals surface area contributed by atoms with Crippen LogP contribution >= 0.6 is 11.6 Å². The molecule has 6 heteroatoms. The number of nitrogens with one attached hydrogen (secondary N) is 1. The summed E-state index contributed by atoms with van der Waals surface area (Å²) in [7, 11) is 0. The van der Waals surface area contributed by atoms with Crippen molar-refractivity contribution in [1.29, 1.82) is 0 Å². The maximum absolute atomic E-state index is 12.7. The summed E-state index contributed by atoms with van der Waals surface area (Å²) in [4.78, 5) is 21.1. The van der Waals surface area contributed by atoms with Gasteiger partial charge in [0.15, 0.2) is 0 Å². The molecule has 138 valence electrons. The van der Waals surface area contributed by atoms with Gasteiger partial charge in [-0.2, -0.15) is 0 Å². The molecular formula is C20H25ClN4O. The van der Waals surface area contributed by atoms with Gasteiger partial charge in [-0.15, -0.1) is 0 Å². The van der Waals surface area contributed by atoms with E-state index in [1.165, 1.54) is 0 Å². The second-order valence-corrected chi connectivity index (χ2v) is 8.00. The van der Waals surface area contributed by atoms with Crippen LogP contribution in [-0.2, 0) is 0 Å². The lowest BCUT2D eigenvalue weighted by molar-refractivity contribution is 0.0741. The first-order chi connectivity index (χ1) is 12.3. The third-order valence-electron chi connectivity index (χ3n) is 4.24. The molecule has 2 aromatic rings. The van der Waals surface area contributed by atoms with Gasteiger partial charge in [-0.3, -0.25) is 4.79 Å². The van der Waals surface area contributed by atoms with Crippen LogP contribution in [0.25, 0.3) is 0 Å². The van der Waals surface area contributed by atoms with E-state index in [0.717, 1.165) is 29.5 Å². The van der Waals surface area contributed by atoms with Crippen LogP contribution in [0.15, 0.2) is 42.6 Å². The summed E-state index contributed by atoms with van der Waals surface area (Å²) in [5, 5.41) is 4.08. The highest BCUT2D eigenvalue weighted by Crippen LogP contribution is 2.21. The van der Waals surface area contributed by atoms with E-state index in [-0.39, 0.29) is 11.4 Å². The van der Waals surface area contributed by atoms with E-state index in [9.17, 15) is 4.79 Å². The van der Waals surface area contributed by atoms with Crippen LogP contribution in [0.5, 0.6) is 0 Å². The van der Waals surface area contributed by atoms with E-state index in [0.29, 0.717) is 18.8 Å². The van der Waals surface area contributed by atoms with E-state index in [4.69, 9.17) is 11.6 Å². The number of pyridine rings is 1. The van der Waals surface area contributed by atoms with Crippen LogP contribution in [-0.4, -0.2) is 47.5 Å². The zero-order valence-electron chi connectivity index (χ0n) is 15.5. The molecule has 1 aliphatic rings. The highest BCUT2D eigenvalue weighted by molar-refractivity contribution is 6.30. The average molecular weight is 373 g/mol. The SMILES string of the molecule is CC(C)(C)Nc1ccc(C(=O)N2CCN(c3cccc(Cl)c3)CC2)nc1. The predicted octanol–water partition coefficient (Wildman–Crippen LogP) is 3.91. The fraction of sp³-hybridized carbons (Fsp3) is 0.400. The molecule has 0 atom stereocenters. The summed E-state index contributed by atoms with van der Waals surface area (Å²) in [6.07, 6.45) is 1.72. The number of benzene rings is 1. The Balaban J connectivity index is 1.60. The monoisotopic (exact) mass is 372 g/mol. The third-order valence-corrected chi connectivity index (χ3v) is 4.48. The van der Waals surface area contributed by atoms with Crippen molar-refractivity contribution in [3.8, 4) is 0 Å². The Morgan fingerprint density at radius 3 is 2.42 bits per heavy atom. The van der Waals surface area contributed by atoms with Crippen LogP contribution in [0.2, 0.25) is 5.02 Å². The first-order valence-corrected chi connectivity index (χ1v) is 9.24. The molecule has 3 rings (SSSR count). The van der Waals surface area contributed by atoms with Crippen molar-refractivity contribution in [2.75, 3.05) is 36.4 Å². The second kappa shape index (κ2) is 7.54. The first-order valence-electron chi connectivity index (χ1n) is 8.86. The molecule has 2 heterocycles. The van der Waals surface area contributed by atoms with E-state index < -0.39 is 0 Å². The lowest BCUT2D eigenvalue weighted by Gasteiger charge is -2.36. The molecular weight excluding hydrogens is 348 g/mol. The Labute approximate surface area is 160 Å². The molecule has 0 aliphatic carbocycles. The van der Waals surface area contributed by atoms with Gasteiger partial charge in [0.2, 0.25) is 0 Å². The number of rotatable bonds is 3. The van der Waals surface area contributed by atoms with Crippen molar-refractivity contribution < 1.29 is 4.79 Å². The minimum absolute atomic E-state index is 0.0157. The van der Waals surface area contributed by atoms with Gasteiger partial charge in [0, 0.05) is 42.4 Å². The van der Waals surface area contributed by atoms with Crippen molar-refractivity contribution in [3.05, 3.63) is 53.3 Å². The van der Waals surface area contributed by atoms with Crippen LogP contribution in [0.1, 0.15) is 31.3 Å². The number of piperazine rings is 1. The summed E-state index contributed by atoms with van der Waals surface area (Å²) in [6, 6.07) is 11.5. The quantitative estimate of drug-likeness (QED) is 0.887. The number of hydrogen-bond acceptors (Lipinski definition) is 4. The zero-order chi connectivity index (χ0) is 18.7. The van der Waals surface area contributed by atoms with Gasteiger partial charge in [-0.25, -0.2) is 4.98 Å². The van der Waals surface area contributed by atoms with Gasteiger partial charge in [-0.1, -0.05) is 17.7 Å². The molecule has 1 amide bonds. The molecule has 5 nitrogen and oxygen atoms in total. The Bertz CT molecular complexity index is 762. The fourth-order valence-corrected chi connectivity index (χ4v) is 3.21. The number of hydrogen-bond donors (Lipinski definition) is 1. The van der Waals surface area contributed by atoms with E-state index in [2.05, 4.69) is 36.0 Å². The molecule has 1 aliphatic heterocycles. The predicted molar refractivity (Wildman–Crippen MR) is 107 cm³/mol. The van der Waals surface area contributed by atoms with Gasteiger partial charge in [-0.05, 0) is 51.1 Å². The molecule has 1 saturated heterocycles. The molecule has 0 bridgehead atoms. The Morgan fingerprint density at radius 1 is 1.12 bits per heavy atom.